The molecule has 0 amide bonds. The molecule has 1 unspecified atom stereocenters. The molecular weight excluding hydrogens is 212 g/mol. The number of benzene rings is 1. The van der Waals surface area contributed by atoms with Crippen LogP contribution in [0.15, 0.2) is 24.8 Å². The van der Waals surface area contributed by atoms with Crippen molar-refractivity contribution in [2.45, 2.75) is 6.04 Å². The highest BCUT2D eigenvalue weighted by atomic mass is 16.5. The van der Waals surface area contributed by atoms with E-state index in [2.05, 4.69) is 29.9 Å². The Balaban J connectivity index is 2.39. The molecule has 0 bridgehead atoms. The number of methoxy groups -OCH3 is 1. The zero-order valence-corrected chi connectivity index (χ0v) is 10.6. The Morgan fingerprint density at radius 3 is 3.00 bits per heavy atom. The van der Waals surface area contributed by atoms with Crippen molar-refractivity contribution in [1.29, 1.82) is 0 Å². The van der Waals surface area contributed by atoms with E-state index in [0.29, 0.717) is 6.04 Å². The predicted octanol–water partition coefficient (Wildman–Crippen LogP) is 1.91. The van der Waals surface area contributed by atoms with Crippen LogP contribution in [0.4, 0.5) is 0 Å². The second kappa shape index (κ2) is 5.34. The topological polar surface area (TPSA) is 24.5 Å². The van der Waals surface area contributed by atoms with Crippen molar-refractivity contribution >= 4 is 6.08 Å². The standard InChI is InChI=1S/C14H20N2O/c1-4-11-12(6-5-7-14(11)17-3)13-10-15-8-9-16(13)2/h4-7,13,15H,1,8-10H2,2-3H3. The molecule has 92 valence electrons. The van der Waals surface area contributed by atoms with Crippen LogP contribution in [-0.2, 0) is 0 Å². The lowest BCUT2D eigenvalue weighted by Gasteiger charge is -2.34. The number of ether oxygens (including phenoxy) is 1. The van der Waals surface area contributed by atoms with Gasteiger partial charge in [-0.15, -0.1) is 0 Å². The van der Waals surface area contributed by atoms with Gasteiger partial charge in [-0.2, -0.15) is 0 Å². The van der Waals surface area contributed by atoms with Crippen LogP contribution in [-0.4, -0.2) is 38.7 Å². The number of hydrogen-bond donors (Lipinski definition) is 1. The minimum Gasteiger partial charge on any atom is -0.496 e. The normalized spacial score (nSPS) is 21.2. The van der Waals surface area contributed by atoms with Crippen molar-refractivity contribution in [1.82, 2.24) is 10.2 Å². The maximum atomic E-state index is 5.39. The lowest BCUT2D eigenvalue weighted by molar-refractivity contribution is 0.202. The second-order valence-electron chi connectivity index (χ2n) is 4.37. The largest absolute Gasteiger partial charge is 0.496 e. The van der Waals surface area contributed by atoms with Gasteiger partial charge in [-0.05, 0) is 18.7 Å². The fourth-order valence-electron chi connectivity index (χ4n) is 2.40. The first kappa shape index (κ1) is 12.1. The molecule has 1 aromatic carbocycles. The van der Waals surface area contributed by atoms with E-state index in [1.54, 1.807) is 7.11 Å². The first-order chi connectivity index (χ1) is 8.27. The van der Waals surface area contributed by atoms with Crippen molar-refractivity contribution in [2.75, 3.05) is 33.8 Å². The summed E-state index contributed by atoms with van der Waals surface area (Å²) in [7, 11) is 3.87. The Kier molecular flexibility index (Phi) is 3.82. The van der Waals surface area contributed by atoms with E-state index in [9.17, 15) is 0 Å². The third-order valence-electron chi connectivity index (χ3n) is 3.39. The van der Waals surface area contributed by atoms with Crippen molar-refractivity contribution in [3.05, 3.63) is 35.9 Å². The van der Waals surface area contributed by atoms with E-state index in [-0.39, 0.29) is 0 Å². The average molecular weight is 232 g/mol. The summed E-state index contributed by atoms with van der Waals surface area (Å²) in [5.41, 5.74) is 2.39. The zero-order chi connectivity index (χ0) is 12.3. The molecule has 0 saturated carbocycles. The minimum atomic E-state index is 0.395. The van der Waals surface area contributed by atoms with E-state index < -0.39 is 0 Å². The van der Waals surface area contributed by atoms with Gasteiger partial charge in [-0.25, -0.2) is 0 Å². The van der Waals surface area contributed by atoms with Gasteiger partial charge in [0.2, 0.25) is 0 Å². The molecular formula is C14H20N2O. The molecule has 1 fully saturated rings. The summed E-state index contributed by atoms with van der Waals surface area (Å²) in [5.74, 6) is 0.900. The Morgan fingerprint density at radius 1 is 1.53 bits per heavy atom. The molecule has 2 rings (SSSR count). The van der Waals surface area contributed by atoms with Crippen LogP contribution in [0, 0.1) is 0 Å². The molecule has 0 radical (unpaired) electrons. The van der Waals surface area contributed by atoms with Gasteiger partial charge in [0.1, 0.15) is 5.75 Å². The lowest BCUT2D eigenvalue weighted by Crippen LogP contribution is -2.44. The average Bonchev–Trinajstić information content (AvgIpc) is 2.38. The molecule has 1 aliphatic rings. The van der Waals surface area contributed by atoms with Gasteiger partial charge in [-0.3, -0.25) is 4.90 Å². The summed E-state index contributed by atoms with van der Waals surface area (Å²) in [6, 6.07) is 6.58. The van der Waals surface area contributed by atoms with E-state index in [0.717, 1.165) is 30.9 Å². The molecule has 1 N–H and O–H groups in total. The fourth-order valence-corrected chi connectivity index (χ4v) is 2.40. The van der Waals surface area contributed by atoms with Gasteiger partial charge < -0.3 is 10.1 Å². The summed E-state index contributed by atoms with van der Waals surface area (Å²) in [6.45, 7) is 7.00. The van der Waals surface area contributed by atoms with Crippen LogP contribution in [0.3, 0.4) is 0 Å². The number of piperazine rings is 1. The third kappa shape index (κ3) is 2.35. The molecule has 0 aromatic heterocycles. The molecule has 1 saturated heterocycles. The van der Waals surface area contributed by atoms with Crippen LogP contribution in [0.2, 0.25) is 0 Å². The first-order valence-corrected chi connectivity index (χ1v) is 5.98. The highest BCUT2D eigenvalue weighted by Crippen LogP contribution is 2.30. The molecule has 3 nitrogen and oxygen atoms in total. The molecule has 3 heteroatoms. The van der Waals surface area contributed by atoms with Crippen molar-refractivity contribution < 1.29 is 4.74 Å². The molecule has 0 spiro atoms. The molecule has 17 heavy (non-hydrogen) atoms. The Labute approximate surface area is 103 Å². The monoisotopic (exact) mass is 232 g/mol. The van der Waals surface area contributed by atoms with Crippen LogP contribution in [0.5, 0.6) is 5.75 Å². The van der Waals surface area contributed by atoms with E-state index >= 15 is 0 Å². The highest BCUT2D eigenvalue weighted by Gasteiger charge is 2.23. The predicted molar refractivity (Wildman–Crippen MR) is 71.3 cm³/mol. The maximum absolute atomic E-state index is 5.39. The van der Waals surface area contributed by atoms with E-state index in [1.165, 1.54) is 5.56 Å². The fraction of sp³-hybridized carbons (Fsp3) is 0.429. The summed E-state index contributed by atoms with van der Waals surface area (Å²) in [4.78, 5) is 2.37. The van der Waals surface area contributed by atoms with Crippen molar-refractivity contribution in [3.8, 4) is 5.75 Å². The van der Waals surface area contributed by atoms with Gasteiger partial charge in [0.25, 0.3) is 0 Å². The maximum Gasteiger partial charge on any atom is 0.126 e. The van der Waals surface area contributed by atoms with Gasteiger partial charge >= 0.3 is 0 Å². The molecule has 1 heterocycles. The summed E-state index contributed by atoms with van der Waals surface area (Å²) in [6.07, 6.45) is 1.89. The number of nitrogens with zero attached hydrogens (tertiary/aromatic N) is 1. The number of hydrogen-bond acceptors (Lipinski definition) is 3. The number of nitrogens with one attached hydrogen (secondary N) is 1. The summed E-state index contributed by atoms with van der Waals surface area (Å²) < 4.78 is 5.39. The van der Waals surface area contributed by atoms with Gasteiger partial charge in [0.15, 0.2) is 0 Å². The first-order valence-electron chi connectivity index (χ1n) is 5.98. The van der Waals surface area contributed by atoms with E-state index in [1.807, 2.05) is 18.2 Å². The molecule has 1 aromatic rings. The molecule has 1 atom stereocenters. The SMILES string of the molecule is C=Cc1c(OC)cccc1C1CNCCN1C. The smallest absolute Gasteiger partial charge is 0.126 e. The van der Waals surface area contributed by atoms with Crippen molar-refractivity contribution in [3.63, 3.8) is 0 Å². The number of likely N-dealkylation sites (N-methyl/N-ethyl adjacent to an activating group) is 1. The van der Waals surface area contributed by atoms with Gasteiger partial charge in [0.05, 0.1) is 7.11 Å². The minimum absolute atomic E-state index is 0.395. The van der Waals surface area contributed by atoms with Crippen LogP contribution >= 0.6 is 0 Å². The molecule has 0 aliphatic carbocycles. The van der Waals surface area contributed by atoms with Crippen LogP contribution in [0.25, 0.3) is 6.08 Å². The third-order valence-corrected chi connectivity index (χ3v) is 3.39. The van der Waals surface area contributed by atoms with Crippen LogP contribution in [0.1, 0.15) is 17.2 Å². The second-order valence-corrected chi connectivity index (χ2v) is 4.37. The number of rotatable bonds is 3. The highest BCUT2D eigenvalue weighted by molar-refractivity contribution is 5.60. The Hall–Kier alpha value is -1.32. The quantitative estimate of drug-likeness (QED) is 0.861. The van der Waals surface area contributed by atoms with Gasteiger partial charge in [0, 0.05) is 31.2 Å². The molecule has 1 aliphatic heterocycles. The summed E-state index contributed by atoms with van der Waals surface area (Å²) in [5, 5.41) is 3.44. The Morgan fingerprint density at radius 2 is 2.35 bits per heavy atom. The van der Waals surface area contributed by atoms with Gasteiger partial charge in [-0.1, -0.05) is 24.8 Å². The lowest BCUT2D eigenvalue weighted by atomic mass is 9.97. The van der Waals surface area contributed by atoms with Crippen molar-refractivity contribution in [2.24, 2.45) is 0 Å². The summed E-state index contributed by atoms with van der Waals surface area (Å²) >= 11 is 0. The van der Waals surface area contributed by atoms with E-state index in [4.69, 9.17) is 4.74 Å². The van der Waals surface area contributed by atoms with Crippen LogP contribution < -0.4 is 10.1 Å². The zero-order valence-electron chi connectivity index (χ0n) is 10.6. The Bertz CT molecular complexity index is 403.